The molecule has 2 rings (SSSR count). The van der Waals surface area contributed by atoms with Gasteiger partial charge in [-0.25, -0.2) is 0 Å². The predicted molar refractivity (Wildman–Crippen MR) is 96.0 cm³/mol. The van der Waals surface area contributed by atoms with Crippen LogP contribution in [0.2, 0.25) is 5.02 Å². The zero-order valence-corrected chi connectivity index (χ0v) is 15.0. The van der Waals surface area contributed by atoms with Gasteiger partial charge in [0.05, 0.1) is 5.69 Å². The largest absolute Gasteiger partial charge is 0.312 e. The highest BCUT2D eigenvalue weighted by Crippen LogP contribution is 2.28. The minimum absolute atomic E-state index is 0.00514. The van der Waals surface area contributed by atoms with Crippen molar-refractivity contribution in [2.24, 2.45) is 0 Å². The van der Waals surface area contributed by atoms with Crippen molar-refractivity contribution < 1.29 is 0 Å². The fourth-order valence-electron chi connectivity index (χ4n) is 2.61. The van der Waals surface area contributed by atoms with E-state index in [1.165, 1.54) is 11.3 Å². The number of H-pyrrole nitrogens is 1. The van der Waals surface area contributed by atoms with Gasteiger partial charge in [-0.15, -0.1) is 0 Å². The quantitative estimate of drug-likeness (QED) is 0.795. The van der Waals surface area contributed by atoms with E-state index in [-0.39, 0.29) is 4.87 Å². The number of hydrogen-bond acceptors (Lipinski definition) is 3. The summed E-state index contributed by atoms with van der Waals surface area (Å²) >= 11 is 7.42. The highest BCUT2D eigenvalue weighted by atomic mass is 35.5. The average molecular weight is 339 g/mol. The minimum atomic E-state index is 0.00514. The summed E-state index contributed by atoms with van der Waals surface area (Å²) < 4.78 is 0. The average Bonchev–Trinajstić information content (AvgIpc) is 2.83. The van der Waals surface area contributed by atoms with Gasteiger partial charge in [-0.05, 0) is 56.1 Å². The minimum Gasteiger partial charge on any atom is -0.312 e. The van der Waals surface area contributed by atoms with Crippen LogP contribution in [-0.4, -0.2) is 23.0 Å². The van der Waals surface area contributed by atoms with Crippen molar-refractivity contribution in [2.75, 3.05) is 13.1 Å². The molecule has 22 heavy (non-hydrogen) atoms. The number of halogens is 1. The third kappa shape index (κ3) is 4.22. The summed E-state index contributed by atoms with van der Waals surface area (Å²) in [5, 5.41) is 0.751. The maximum absolute atomic E-state index is 11.9. The summed E-state index contributed by atoms with van der Waals surface area (Å²) in [6.07, 6.45) is 2.24. The third-order valence-corrected chi connectivity index (χ3v) is 4.91. The van der Waals surface area contributed by atoms with Gasteiger partial charge in [-0.2, -0.15) is 0 Å². The van der Waals surface area contributed by atoms with Gasteiger partial charge in [0.15, 0.2) is 0 Å². The molecule has 0 radical (unpaired) electrons. The summed E-state index contributed by atoms with van der Waals surface area (Å²) in [6, 6.07) is 5.90. The molecule has 0 amide bonds. The first-order valence-corrected chi connectivity index (χ1v) is 8.95. The molecule has 0 atom stereocenters. The van der Waals surface area contributed by atoms with E-state index in [1.807, 2.05) is 25.1 Å². The van der Waals surface area contributed by atoms with E-state index < -0.39 is 0 Å². The molecule has 1 aromatic carbocycles. The highest BCUT2D eigenvalue weighted by Gasteiger charge is 2.14. The number of hydrogen-bond donors (Lipinski definition) is 1. The van der Waals surface area contributed by atoms with Gasteiger partial charge in [-0.3, -0.25) is 9.69 Å². The second-order valence-corrected chi connectivity index (χ2v) is 7.03. The molecule has 5 heteroatoms. The summed E-state index contributed by atoms with van der Waals surface area (Å²) in [4.78, 5) is 18.4. The molecule has 0 aliphatic heterocycles. The van der Waals surface area contributed by atoms with E-state index in [0.717, 1.165) is 59.2 Å². The Morgan fingerprint density at radius 3 is 2.50 bits per heavy atom. The van der Waals surface area contributed by atoms with Crippen molar-refractivity contribution in [3.8, 4) is 11.3 Å². The van der Waals surface area contributed by atoms with E-state index in [2.05, 4.69) is 23.7 Å². The standard InChI is InChI=1S/C17H23ClN2OS/c1-4-8-20(9-5-2)11-15-16(19-17(21)22-15)13-6-7-14(18)12(3)10-13/h6-7,10H,4-5,8-9,11H2,1-3H3,(H,19,21). The molecular weight excluding hydrogens is 316 g/mol. The fraction of sp³-hybridized carbons (Fsp3) is 0.471. The zero-order chi connectivity index (χ0) is 16.1. The summed E-state index contributed by atoms with van der Waals surface area (Å²) in [6.45, 7) is 9.29. The number of thiazole rings is 1. The second-order valence-electron chi connectivity index (χ2n) is 5.55. The molecule has 3 nitrogen and oxygen atoms in total. The summed E-state index contributed by atoms with van der Waals surface area (Å²) in [5.41, 5.74) is 2.99. The van der Waals surface area contributed by atoms with Crippen molar-refractivity contribution in [1.82, 2.24) is 9.88 Å². The number of rotatable bonds is 7. The Morgan fingerprint density at radius 2 is 1.91 bits per heavy atom. The molecule has 0 aliphatic rings. The Bertz CT molecular complexity index is 672. The molecule has 0 spiro atoms. The molecule has 1 N–H and O–H groups in total. The first kappa shape index (κ1) is 17.3. The third-order valence-electron chi connectivity index (χ3n) is 3.62. The fourth-order valence-corrected chi connectivity index (χ4v) is 3.62. The van der Waals surface area contributed by atoms with Crippen molar-refractivity contribution in [3.05, 3.63) is 43.3 Å². The Balaban J connectivity index is 2.33. The van der Waals surface area contributed by atoms with Crippen molar-refractivity contribution >= 4 is 22.9 Å². The normalized spacial score (nSPS) is 11.3. The van der Waals surface area contributed by atoms with Gasteiger partial charge < -0.3 is 4.98 Å². The number of aryl methyl sites for hydroxylation is 1. The first-order valence-electron chi connectivity index (χ1n) is 7.76. The number of benzene rings is 1. The number of nitrogens with zero attached hydrogens (tertiary/aromatic N) is 1. The SMILES string of the molecule is CCCN(CCC)Cc1sc(=O)[nH]c1-c1ccc(Cl)c(C)c1. The van der Waals surface area contributed by atoms with Crippen LogP contribution in [0.3, 0.4) is 0 Å². The molecule has 0 saturated heterocycles. The van der Waals surface area contributed by atoms with E-state index in [1.54, 1.807) is 0 Å². The molecule has 120 valence electrons. The Labute approximate surface area is 140 Å². The van der Waals surface area contributed by atoms with Gasteiger partial charge in [-0.1, -0.05) is 42.9 Å². The zero-order valence-electron chi connectivity index (χ0n) is 13.4. The van der Waals surface area contributed by atoms with Gasteiger partial charge in [0, 0.05) is 16.4 Å². The lowest BCUT2D eigenvalue weighted by Crippen LogP contribution is -2.24. The lowest BCUT2D eigenvalue weighted by molar-refractivity contribution is 0.269. The smallest absolute Gasteiger partial charge is 0.305 e. The van der Waals surface area contributed by atoms with Crippen LogP contribution in [0.15, 0.2) is 23.0 Å². The maximum Gasteiger partial charge on any atom is 0.305 e. The molecule has 0 bridgehead atoms. The highest BCUT2D eigenvalue weighted by molar-refractivity contribution is 7.09. The predicted octanol–water partition coefficient (Wildman–Crippen LogP) is 4.69. The van der Waals surface area contributed by atoms with Crippen LogP contribution < -0.4 is 4.87 Å². The monoisotopic (exact) mass is 338 g/mol. The van der Waals surface area contributed by atoms with Crippen molar-refractivity contribution in [1.29, 1.82) is 0 Å². The van der Waals surface area contributed by atoms with Crippen LogP contribution in [0, 0.1) is 6.92 Å². The Morgan fingerprint density at radius 1 is 1.23 bits per heavy atom. The number of aromatic amines is 1. The van der Waals surface area contributed by atoms with Crippen molar-refractivity contribution in [3.63, 3.8) is 0 Å². The first-order chi connectivity index (χ1) is 10.5. The second kappa shape index (κ2) is 7.95. The molecule has 0 unspecified atom stereocenters. The van der Waals surface area contributed by atoms with Crippen LogP contribution in [0.5, 0.6) is 0 Å². The van der Waals surface area contributed by atoms with Crippen LogP contribution >= 0.6 is 22.9 Å². The molecule has 0 aliphatic carbocycles. The summed E-state index contributed by atoms with van der Waals surface area (Å²) in [7, 11) is 0. The molecule has 1 aromatic heterocycles. The van der Waals surface area contributed by atoms with E-state index in [9.17, 15) is 4.79 Å². The van der Waals surface area contributed by atoms with E-state index in [0.29, 0.717) is 0 Å². The molecule has 0 saturated carbocycles. The number of aromatic nitrogens is 1. The maximum atomic E-state index is 11.9. The Kier molecular flexibility index (Phi) is 6.24. The molecule has 1 heterocycles. The van der Waals surface area contributed by atoms with Crippen LogP contribution in [0.25, 0.3) is 11.3 Å². The van der Waals surface area contributed by atoms with Crippen LogP contribution in [-0.2, 0) is 6.54 Å². The van der Waals surface area contributed by atoms with Gasteiger partial charge >= 0.3 is 4.87 Å². The molecule has 2 aromatic rings. The summed E-state index contributed by atoms with van der Waals surface area (Å²) in [5.74, 6) is 0. The van der Waals surface area contributed by atoms with E-state index in [4.69, 9.17) is 11.6 Å². The van der Waals surface area contributed by atoms with Crippen LogP contribution in [0.4, 0.5) is 0 Å². The lowest BCUT2D eigenvalue weighted by Gasteiger charge is -2.20. The molecular formula is C17H23ClN2OS. The van der Waals surface area contributed by atoms with Gasteiger partial charge in [0.25, 0.3) is 0 Å². The molecule has 0 fully saturated rings. The Hall–Kier alpha value is -1.10. The van der Waals surface area contributed by atoms with Crippen molar-refractivity contribution in [2.45, 2.75) is 40.2 Å². The lowest BCUT2D eigenvalue weighted by atomic mass is 10.1. The topological polar surface area (TPSA) is 36.1 Å². The van der Waals surface area contributed by atoms with Crippen LogP contribution in [0.1, 0.15) is 37.1 Å². The van der Waals surface area contributed by atoms with Gasteiger partial charge in [0.1, 0.15) is 0 Å². The number of nitrogens with one attached hydrogen (secondary N) is 1. The van der Waals surface area contributed by atoms with E-state index >= 15 is 0 Å². The van der Waals surface area contributed by atoms with Gasteiger partial charge in [0.2, 0.25) is 0 Å².